The maximum absolute atomic E-state index is 12.0. The van der Waals surface area contributed by atoms with E-state index in [2.05, 4.69) is 29.1 Å². The molecule has 1 fully saturated rings. The van der Waals surface area contributed by atoms with Gasteiger partial charge in [-0.3, -0.25) is 4.79 Å². The van der Waals surface area contributed by atoms with Crippen LogP contribution in [0.5, 0.6) is 5.88 Å². The molecule has 0 spiro atoms. The van der Waals surface area contributed by atoms with Gasteiger partial charge in [-0.05, 0) is 18.8 Å². The molecule has 2 heterocycles. The number of hydrogen-bond acceptors (Lipinski definition) is 5. The third-order valence-electron chi connectivity index (χ3n) is 3.63. The number of likely N-dealkylation sites (tertiary alicyclic amines) is 1. The van der Waals surface area contributed by atoms with E-state index in [9.17, 15) is 4.79 Å². The van der Waals surface area contributed by atoms with Crippen LogP contribution >= 0.6 is 0 Å². The number of anilines is 1. The lowest BCUT2D eigenvalue weighted by Gasteiger charge is -2.33. The Balaban J connectivity index is 1.85. The fourth-order valence-electron chi connectivity index (χ4n) is 2.52. The Kier molecular flexibility index (Phi) is 5.36. The molecule has 0 radical (unpaired) electrons. The molecule has 0 saturated carbocycles. The predicted molar refractivity (Wildman–Crippen MR) is 81.3 cm³/mol. The number of rotatable bonds is 5. The fourth-order valence-corrected chi connectivity index (χ4v) is 2.52. The van der Waals surface area contributed by atoms with Crippen LogP contribution in [0.2, 0.25) is 0 Å². The molecule has 0 atom stereocenters. The summed E-state index contributed by atoms with van der Waals surface area (Å²) in [5.74, 6) is 1.86. The van der Waals surface area contributed by atoms with E-state index in [0.717, 1.165) is 25.9 Å². The molecule has 0 bridgehead atoms. The molecule has 6 nitrogen and oxygen atoms in total. The van der Waals surface area contributed by atoms with Crippen molar-refractivity contribution in [1.82, 2.24) is 14.9 Å². The number of ether oxygens (including phenoxy) is 1. The zero-order valence-electron chi connectivity index (χ0n) is 13.0. The van der Waals surface area contributed by atoms with Gasteiger partial charge in [0.15, 0.2) is 5.82 Å². The number of nitrogens with one attached hydrogen (secondary N) is 1. The van der Waals surface area contributed by atoms with Gasteiger partial charge >= 0.3 is 0 Å². The molecular weight excluding hydrogens is 268 g/mol. The summed E-state index contributed by atoms with van der Waals surface area (Å²) in [6, 6.07) is 0.304. The summed E-state index contributed by atoms with van der Waals surface area (Å²) in [7, 11) is 1.59. The number of carbonyl (C=O) groups is 1. The van der Waals surface area contributed by atoms with Gasteiger partial charge in [-0.15, -0.1) is 0 Å². The third kappa shape index (κ3) is 4.31. The van der Waals surface area contributed by atoms with Crippen molar-refractivity contribution in [2.24, 2.45) is 5.92 Å². The molecule has 0 unspecified atom stereocenters. The predicted octanol–water partition coefficient (Wildman–Crippen LogP) is 1.93. The molecule has 21 heavy (non-hydrogen) atoms. The van der Waals surface area contributed by atoms with Crippen molar-refractivity contribution >= 4 is 11.7 Å². The summed E-state index contributed by atoms with van der Waals surface area (Å²) in [6.45, 7) is 5.75. The quantitative estimate of drug-likeness (QED) is 0.898. The van der Waals surface area contributed by atoms with Gasteiger partial charge < -0.3 is 15.0 Å². The lowest BCUT2D eigenvalue weighted by Crippen LogP contribution is -2.42. The van der Waals surface area contributed by atoms with E-state index in [1.807, 2.05) is 4.90 Å². The Morgan fingerprint density at radius 1 is 1.38 bits per heavy atom. The first kappa shape index (κ1) is 15.5. The minimum atomic E-state index is 0.264. The minimum Gasteiger partial charge on any atom is -0.478 e. The minimum absolute atomic E-state index is 0.264. The van der Waals surface area contributed by atoms with Crippen molar-refractivity contribution in [3.8, 4) is 5.88 Å². The van der Waals surface area contributed by atoms with E-state index in [-0.39, 0.29) is 5.91 Å². The molecule has 1 aromatic heterocycles. The van der Waals surface area contributed by atoms with Gasteiger partial charge in [-0.1, -0.05) is 13.8 Å². The summed E-state index contributed by atoms with van der Waals surface area (Å²) >= 11 is 0. The highest BCUT2D eigenvalue weighted by Crippen LogP contribution is 2.21. The molecular formula is C15H24N4O2. The van der Waals surface area contributed by atoms with Crippen molar-refractivity contribution in [2.45, 2.75) is 39.2 Å². The SMILES string of the molecule is COc1nccnc1NC1CCN(C(=O)CC(C)C)CC1. The van der Waals surface area contributed by atoms with Crippen LogP contribution in [0.1, 0.15) is 33.1 Å². The lowest BCUT2D eigenvalue weighted by molar-refractivity contribution is -0.132. The van der Waals surface area contributed by atoms with Gasteiger partial charge in [-0.2, -0.15) is 0 Å². The zero-order chi connectivity index (χ0) is 15.2. The maximum atomic E-state index is 12.0. The number of carbonyl (C=O) groups excluding carboxylic acids is 1. The van der Waals surface area contributed by atoms with Crippen molar-refractivity contribution < 1.29 is 9.53 Å². The summed E-state index contributed by atoms with van der Waals surface area (Å²) in [5, 5.41) is 3.36. The third-order valence-corrected chi connectivity index (χ3v) is 3.63. The molecule has 0 aromatic carbocycles. The molecule has 1 aliphatic rings. The first-order chi connectivity index (χ1) is 10.1. The van der Waals surface area contributed by atoms with Crippen molar-refractivity contribution in [3.63, 3.8) is 0 Å². The summed E-state index contributed by atoms with van der Waals surface area (Å²) in [6.07, 6.45) is 5.73. The molecule has 116 valence electrons. The van der Waals surface area contributed by atoms with Crippen LogP contribution in [0.3, 0.4) is 0 Å². The standard InChI is InChI=1S/C15H24N4O2/c1-11(2)10-13(20)19-8-4-12(5-9-19)18-14-15(21-3)17-7-6-16-14/h6-7,11-12H,4-5,8-10H2,1-3H3,(H,16,18). The number of nitrogens with zero attached hydrogens (tertiary/aromatic N) is 3. The Labute approximate surface area is 125 Å². The van der Waals surface area contributed by atoms with Crippen LogP contribution in [0.15, 0.2) is 12.4 Å². The normalized spacial score (nSPS) is 16.1. The second-order valence-electron chi connectivity index (χ2n) is 5.81. The average molecular weight is 292 g/mol. The Morgan fingerprint density at radius 3 is 2.67 bits per heavy atom. The van der Waals surface area contributed by atoms with Gasteiger partial charge in [-0.25, -0.2) is 9.97 Å². The first-order valence-electron chi connectivity index (χ1n) is 7.49. The van der Waals surface area contributed by atoms with Gasteiger partial charge in [0, 0.05) is 37.9 Å². The maximum Gasteiger partial charge on any atom is 0.257 e. The topological polar surface area (TPSA) is 67.4 Å². The van der Waals surface area contributed by atoms with Gasteiger partial charge in [0.2, 0.25) is 5.91 Å². The van der Waals surface area contributed by atoms with Gasteiger partial charge in [0.25, 0.3) is 5.88 Å². The lowest BCUT2D eigenvalue weighted by atomic mass is 10.0. The number of aromatic nitrogens is 2. The summed E-state index contributed by atoms with van der Waals surface area (Å²) < 4.78 is 5.19. The number of hydrogen-bond donors (Lipinski definition) is 1. The number of methoxy groups -OCH3 is 1. The number of piperidine rings is 1. The van der Waals surface area contributed by atoms with Crippen molar-refractivity contribution in [2.75, 3.05) is 25.5 Å². The van der Waals surface area contributed by atoms with Crippen LogP contribution in [0.4, 0.5) is 5.82 Å². The largest absolute Gasteiger partial charge is 0.478 e. The Morgan fingerprint density at radius 2 is 2.05 bits per heavy atom. The van der Waals surface area contributed by atoms with E-state index in [0.29, 0.717) is 30.1 Å². The van der Waals surface area contributed by atoms with Crippen LogP contribution in [0, 0.1) is 5.92 Å². The van der Waals surface area contributed by atoms with Crippen molar-refractivity contribution in [3.05, 3.63) is 12.4 Å². The zero-order valence-corrected chi connectivity index (χ0v) is 13.0. The van der Waals surface area contributed by atoms with Gasteiger partial charge in [0.1, 0.15) is 0 Å². The molecule has 1 aliphatic heterocycles. The summed E-state index contributed by atoms with van der Waals surface area (Å²) in [4.78, 5) is 22.4. The highest BCUT2D eigenvalue weighted by molar-refractivity contribution is 5.76. The molecule has 1 aromatic rings. The fraction of sp³-hybridized carbons (Fsp3) is 0.667. The Hall–Kier alpha value is -1.85. The molecule has 1 amide bonds. The number of amides is 1. The monoisotopic (exact) mass is 292 g/mol. The second-order valence-corrected chi connectivity index (χ2v) is 5.81. The first-order valence-corrected chi connectivity index (χ1v) is 7.49. The van der Waals surface area contributed by atoms with Crippen LogP contribution in [-0.4, -0.2) is 47.0 Å². The molecule has 6 heteroatoms. The average Bonchev–Trinajstić information content (AvgIpc) is 2.48. The molecule has 0 aliphatic carbocycles. The highest BCUT2D eigenvalue weighted by Gasteiger charge is 2.24. The van der Waals surface area contributed by atoms with Crippen molar-refractivity contribution in [1.29, 1.82) is 0 Å². The highest BCUT2D eigenvalue weighted by atomic mass is 16.5. The molecule has 1 N–H and O–H groups in total. The van der Waals surface area contributed by atoms with Gasteiger partial charge in [0.05, 0.1) is 7.11 Å². The Bertz CT molecular complexity index is 470. The molecule has 1 saturated heterocycles. The van der Waals surface area contributed by atoms with E-state index in [1.165, 1.54) is 0 Å². The molecule has 2 rings (SSSR count). The van der Waals surface area contributed by atoms with E-state index in [1.54, 1.807) is 19.5 Å². The van der Waals surface area contributed by atoms with E-state index < -0.39 is 0 Å². The van der Waals surface area contributed by atoms with Crippen LogP contribution in [0.25, 0.3) is 0 Å². The van der Waals surface area contributed by atoms with Crippen LogP contribution < -0.4 is 10.1 Å². The van der Waals surface area contributed by atoms with E-state index >= 15 is 0 Å². The smallest absolute Gasteiger partial charge is 0.257 e. The van der Waals surface area contributed by atoms with Crippen LogP contribution in [-0.2, 0) is 4.79 Å². The second kappa shape index (κ2) is 7.24. The van der Waals surface area contributed by atoms with E-state index in [4.69, 9.17) is 4.74 Å². The summed E-state index contributed by atoms with van der Waals surface area (Å²) in [5.41, 5.74) is 0.